The van der Waals surface area contributed by atoms with Gasteiger partial charge in [0.05, 0.1) is 6.42 Å². The van der Waals surface area contributed by atoms with Crippen LogP contribution in [0.25, 0.3) is 0 Å². The fourth-order valence-corrected chi connectivity index (χ4v) is 1.35. The van der Waals surface area contributed by atoms with Gasteiger partial charge in [0, 0.05) is 6.07 Å². The van der Waals surface area contributed by atoms with Crippen molar-refractivity contribution in [3.63, 3.8) is 0 Å². The van der Waals surface area contributed by atoms with Gasteiger partial charge in [-0.2, -0.15) is 0 Å². The predicted octanol–water partition coefficient (Wildman–Crippen LogP) is 1.88. The monoisotopic (exact) mass is 233 g/mol. The van der Waals surface area contributed by atoms with Gasteiger partial charge in [0.25, 0.3) is 0 Å². The normalized spacial score (nSPS) is 10.1. The Bertz CT molecular complexity index is 476. The molecule has 88 valence electrons. The van der Waals surface area contributed by atoms with Crippen LogP contribution in [0.2, 0.25) is 0 Å². The van der Waals surface area contributed by atoms with E-state index in [0.717, 1.165) is 5.56 Å². The third-order valence-electron chi connectivity index (χ3n) is 2.16. The number of carboxylic acid groups (broad SMARTS) is 1. The van der Waals surface area contributed by atoms with Crippen LogP contribution in [0.3, 0.4) is 0 Å². The van der Waals surface area contributed by atoms with Crippen molar-refractivity contribution in [2.24, 2.45) is 0 Å². The number of aromatic nitrogens is 1. The molecule has 0 spiro atoms. The smallest absolute Gasteiger partial charge is 0.307 e. The minimum absolute atomic E-state index is 0.0174. The van der Waals surface area contributed by atoms with Gasteiger partial charge >= 0.3 is 5.97 Å². The summed E-state index contributed by atoms with van der Waals surface area (Å²) >= 11 is 0. The molecular weight excluding hydrogens is 222 g/mol. The van der Waals surface area contributed by atoms with Crippen LogP contribution in [0, 0.1) is 0 Å². The number of aliphatic carboxylic acids is 1. The molecule has 0 atom stereocenters. The molecule has 1 aromatic carbocycles. The van der Waals surface area contributed by atoms with E-state index in [2.05, 4.69) is 9.68 Å². The molecule has 0 saturated carbocycles. The van der Waals surface area contributed by atoms with E-state index in [1.54, 1.807) is 30.3 Å². The molecule has 2 aromatic rings. The van der Waals surface area contributed by atoms with Gasteiger partial charge in [0.1, 0.15) is 24.3 Å². The maximum Gasteiger partial charge on any atom is 0.307 e. The van der Waals surface area contributed by atoms with Crippen molar-refractivity contribution in [3.05, 3.63) is 47.9 Å². The Morgan fingerprint density at radius 2 is 2.06 bits per heavy atom. The minimum atomic E-state index is -0.846. The van der Waals surface area contributed by atoms with Gasteiger partial charge in [-0.05, 0) is 17.7 Å². The number of benzene rings is 1. The Kier molecular flexibility index (Phi) is 3.40. The summed E-state index contributed by atoms with van der Waals surface area (Å²) in [7, 11) is 0. The topological polar surface area (TPSA) is 72.6 Å². The summed E-state index contributed by atoms with van der Waals surface area (Å²) in [6.07, 6.45) is 1.50. The van der Waals surface area contributed by atoms with Crippen LogP contribution in [0.15, 0.2) is 41.1 Å². The molecule has 17 heavy (non-hydrogen) atoms. The molecule has 0 saturated heterocycles. The maximum atomic E-state index is 10.5. The first-order valence-electron chi connectivity index (χ1n) is 5.07. The van der Waals surface area contributed by atoms with Crippen molar-refractivity contribution in [2.45, 2.75) is 13.0 Å². The van der Waals surface area contributed by atoms with Crippen molar-refractivity contribution in [1.29, 1.82) is 0 Å². The third-order valence-corrected chi connectivity index (χ3v) is 2.16. The van der Waals surface area contributed by atoms with E-state index in [1.807, 2.05) is 0 Å². The fourth-order valence-electron chi connectivity index (χ4n) is 1.35. The van der Waals surface area contributed by atoms with Crippen LogP contribution in [0.1, 0.15) is 11.3 Å². The third kappa shape index (κ3) is 3.34. The van der Waals surface area contributed by atoms with E-state index >= 15 is 0 Å². The minimum Gasteiger partial charge on any atom is -0.487 e. The summed E-state index contributed by atoms with van der Waals surface area (Å²) in [6, 6.07) is 8.65. The zero-order chi connectivity index (χ0) is 12.1. The summed E-state index contributed by atoms with van der Waals surface area (Å²) in [5.74, 6) is -0.177. The van der Waals surface area contributed by atoms with Gasteiger partial charge in [0.2, 0.25) is 0 Å². The largest absolute Gasteiger partial charge is 0.487 e. The SMILES string of the molecule is O=C(O)Cc1ccc(OCc2ccon2)cc1. The second-order valence-electron chi connectivity index (χ2n) is 3.49. The summed E-state index contributed by atoms with van der Waals surface area (Å²) in [5, 5.41) is 12.3. The highest BCUT2D eigenvalue weighted by Gasteiger charge is 2.02. The van der Waals surface area contributed by atoms with Gasteiger partial charge in [-0.25, -0.2) is 0 Å². The first-order chi connectivity index (χ1) is 8.24. The summed E-state index contributed by atoms with van der Waals surface area (Å²) < 4.78 is 10.1. The molecular formula is C12H11NO4. The average molecular weight is 233 g/mol. The van der Waals surface area contributed by atoms with Crippen molar-refractivity contribution in [2.75, 3.05) is 0 Å². The first-order valence-corrected chi connectivity index (χ1v) is 5.07. The molecule has 0 amide bonds. The summed E-state index contributed by atoms with van der Waals surface area (Å²) in [5.41, 5.74) is 1.45. The van der Waals surface area contributed by atoms with Gasteiger partial charge in [-0.1, -0.05) is 17.3 Å². The van der Waals surface area contributed by atoms with Crippen LogP contribution in [-0.2, 0) is 17.8 Å². The predicted molar refractivity (Wildman–Crippen MR) is 58.6 cm³/mol. The van der Waals surface area contributed by atoms with Gasteiger partial charge in [0.15, 0.2) is 0 Å². The van der Waals surface area contributed by atoms with Crippen molar-refractivity contribution < 1.29 is 19.2 Å². The van der Waals surface area contributed by atoms with Crippen LogP contribution in [-0.4, -0.2) is 16.2 Å². The fraction of sp³-hybridized carbons (Fsp3) is 0.167. The number of hydrogen-bond acceptors (Lipinski definition) is 4. The Hall–Kier alpha value is -2.30. The van der Waals surface area contributed by atoms with Crippen LogP contribution in [0.4, 0.5) is 0 Å². The zero-order valence-corrected chi connectivity index (χ0v) is 9.00. The van der Waals surface area contributed by atoms with E-state index in [0.29, 0.717) is 18.1 Å². The molecule has 0 aliphatic heterocycles. The molecule has 0 unspecified atom stereocenters. The quantitative estimate of drug-likeness (QED) is 0.853. The van der Waals surface area contributed by atoms with Crippen molar-refractivity contribution >= 4 is 5.97 Å². The van der Waals surface area contributed by atoms with E-state index in [-0.39, 0.29) is 6.42 Å². The molecule has 2 rings (SSSR count). The van der Waals surface area contributed by atoms with Crippen LogP contribution >= 0.6 is 0 Å². The molecule has 0 fully saturated rings. The van der Waals surface area contributed by atoms with Gasteiger partial charge in [-0.15, -0.1) is 0 Å². The van der Waals surface area contributed by atoms with Gasteiger partial charge in [-0.3, -0.25) is 4.79 Å². The Balaban J connectivity index is 1.91. The zero-order valence-electron chi connectivity index (χ0n) is 9.00. The highest BCUT2D eigenvalue weighted by molar-refractivity contribution is 5.70. The van der Waals surface area contributed by atoms with E-state index in [4.69, 9.17) is 9.84 Å². The first kappa shape index (κ1) is 11.2. The Morgan fingerprint density at radius 1 is 1.29 bits per heavy atom. The second kappa shape index (κ2) is 5.16. The summed E-state index contributed by atoms with van der Waals surface area (Å²) in [6.45, 7) is 0.328. The van der Waals surface area contributed by atoms with Crippen molar-refractivity contribution in [3.8, 4) is 5.75 Å². The maximum absolute atomic E-state index is 10.5. The average Bonchev–Trinajstić information content (AvgIpc) is 2.80. The van der Waals surface area contributed by atoms with Crippen LogP contribution in [0.5, 0.6) is 5.75 Å². The number of hydrogen-bond donors (Lipinski definition) is 1. The summed E-state index contributed by atoms with van der Waals surface area (Å²) in [4.78, 5) is 10.5. The molecule has 0 bridgehead atoms. The molecule has 5 nitrogen and oxygen atoms in total. The van der Waals surface area contributed by atoms with Crippen LogP contribution < -0.4 is 4.74 Å². The van der Waals surface area contributed by atoms with E-state index in [1.165, 1.54) is 6.26 Å². The lowest BCUT2D eigenvalue weighted by molar-refractivity contribution is -0.136. The molecule has 0 aliphatic rings. The van der Waals surface area contributed by atoms with Crippen molar-refractivity contribution in [1.82, 2.24) is 5.16 Å². The van der Waals surface area contributed by atoms with E-state index in [9.17, 15) is 4.79 Å². The van der Waals surface area contributed by atoms with E-state index < -0.39 is 5.97 Å². The number of carboxylic acids is 1. The molecule has 1 aromatic heterocycles. The lowest BCUT2D eigenvalue weighted by Crippen LogP contribution is -2.00. The number of carbonyl (C=O) groups is 1. The second-order valence-corrected chi connectivity index (χ2v) is 3.49. The highest BCUT2D eigenvalue weighted by Crippen LogP contribution is 2.14. The molecule has 5 heteroatoms. The molecule has 0 radical (unpaired) electrons. The highest BCUT2D eigenvalue weighted by atomic mass is 16.5. The number of ether oxygens (including phenoxy) is 1. The molecule has 1 N–H and O–H groups in total. The lowest BCUT2D eigenvalue weighted by Gasteiger charge is -2.04. The Labute approximate surface area is 97.6 Å². The number of rotatable bonds is 5. The number of nitrogens with zero attached hydrogens (tertiary/aromatic N) is 1. The Morgan fingerprint density at radius 3 is 2.65 bits per heavy atom. The lowest BCUT2D eigenvalue weighted by atomic mass is 10.1. The van der Waals surface area contributed by atoms with Gasteiger partial charge < -0.3 is 14.4 Å². The molecule has 0 aliphatic carbocycles. The molecule has 1 heterocycles. The standard InChI is InChI=1S/C12H11NO4/c14-12(15)7-9-1-3-11(4-2-9)16-8-10-5-6-17-13-10/h1-6H,7-8H2,(H,14,15).